The van der Waals surface area contributed by atoms with Gasteiger partial charge >= 0.3 is 5.91 Å². The number of ether oxygens (including phenoxy) is 1. The van der Waals surface area contributed by atoms with E-state index in [0.29, 0.717) is 16.1 Å². The number of hydrogen-bond acceptors (Lipinski definition) is 7. The van der Waals surface area contributed by atoms with Crippen molar-refractivity contribution in [2.45, 2.75) is 32.7 Å². The summed E-state index contributed by atoms with van der Waals surface area (Å²) in [7, 11) is 1.44. The van der Waals surface area contributed by atoms with E-state index in [1.54, 1.807) is 12.1 Å². The number of fused-ring (bicyclic) bond motifs is 1. The number of aryl methyl sites for hydroxylation is 1. The van der Waals surface area contributed by atoms with Crippen LogP contribution in [0.3, 0.4) is 0 Å². The molecule has 36 heavy (non-hydrogen) atoms. The minimum Gasteiger partial charge on any atom is -0.507 e. The van der Waals surface area contributed by atoms with Crippen LogP contribution in [-0.2, 0) is 9.59 Å². The highest BCUT2D eigenvalue weighted by Gasteiger charge is 2.49. The van der Waals surface area contributed by atoms with E-state index in [1.807, 2.05) is 36.6 Å². The summed E-state index contributed by atoms with van der Waals surface area (Å²) in [6.07, 6.45) is 0. The van der Waals surface area contributed by atoms with Crippen molar-refractivity contribution in [3.05, 3.63) is 80.0 Å². The average molecular weight is 539 g/mol. The Kier molecular flexibility index (Phi) is 6.36. The smallest absolute Gasteiger partial charge is 0.301 e. The zero-order valence-electron chi connectivity index (χ0n) is 20.0. The first kappa shape index (κ1) is 24.5. The Morgan fingerprint density at radius 1 is 1.19 bits per heavy atom. The number of ketones is 1. The highest BCUT2D eigenvalue weighted by Crippen LogP contribution is 2.47. The van der Waals surface area contributed by atoms with E-state index in [0.717, 1.165) is 26.2 Å². The van der Waals surface area contributed by atoms with Crippen molar-refractivity contribution in [1.82, 2.24) is 4.98 Å². The van der Waals surface area contributed by atoms with E-state index in [1.165, 1.54) is 34.7 Å². The Labute approximate surface area is 221 Å². The highest BCUT2D eigenvalue weighted by molar-refractivity contribution is 7.22. The molecular weight excluding hydrogens is 516 g/mol. The minimum atomic E-state index is -0.834. The second-order valence-electron chi connectivity index (χ2n) is 8.89. The fourth-order valence-corrected chi connectivity index (χ4v) is 6.61. The van der Waals surface area contributed by atoms with Crippen LogP contribution < -0.4 is 9.64 Å². The summed E-state index contributed by atoms with van der Waals surface area (Å²) >= 11 is 9.11. The molecular formula is C27H23ClN2O4S2. The van der Waals surface area contributed by atoms with E-state index in [-0.39, 0.29) is 22.6 Å². The maximum atomic E-state index is 13.4. The normalized spacial score (nSPS) is 17.5. The summed E-state index contributed by atoms with van der Waals surface area (Å²) < 4.78 is 6.36. The number of aromatic nitrogens is 1. The molecule has 0 aliphatic carbocycles. The van der Waals surface area contributed by atoms with Gasteiger partial charge in [-0.3, -0.25) is 14.5 Å². The van der Waals surface area contributed by atoms with Crippen LogP contribution in [-0.4, -0.2) is 28.9 Å². The Hall–Kier alpha value is -3.20. The van der Waals surface area contributed by atoms with Crippen LogP contribution in [0.15, 0.2) is 53.4 Å². The molecule has 4 aromatic rings. The quantitative estimate of drug-likeness (QED) is 0.167. The first-order valence-electron chi connectivity index (χ1n) is 11.3. The summed E-state index contributed by atoms with van der Waals surface area (Å²) in [4.78, 5) is 33.7. The van der Waals surface area contributed by atoms with Gasteiger partial charge in [-0.1, -0.05) is 48.9 Å². The fraction of sp³-hybridized carbons (Fsp3) is 0.222. The lowest BCUT2D eigenvalue weighted by atomic mass is 9.98. The number of Topliss-reactive ketones (excluding diaryl/α,β-unsaturated/α-hetero) is 1. The summed E-state index contributed by atoms with van der Waals surface area (Å²) in [5.41, 5.74) is 2.92. The monoisotopic (exact) mass is 538 g/mol. The van der Waals surface area contributed by atoms with Gasteiger partial charge < -0.3 is 9.84 Å². The molecule has 1 unspecified atom stereocenters. The number of carbonyl (C=O) groups excluding carboxylic acids is 2. The van der Waals surface area contributed by atoms with Crippen molar-refractivity contribution in [2.75, 3.05) is 12.0 Å². The van der Waals surface area contributed by atoms with Gasteiger partial charge in [0.25, 0.3) is 5.78 Å². The number of methoxy groups -OCH3 is 1. The number of benzene rings is 2. The molecule has 0 saturated carbocycles. The van der Waals surface area contributed by atoms with E-state index < -0.39 is 17.7 Å². The predicted octanol–water partition coefficient (Wildman–Crippen LogP) is 7.08. The van der Waals surface area contributed by atoms with Gasteiger partial charge in [-0.15, -0.1) is 11.3 Å². The molecule has 0 spiro atoms. The van der Waals surface area contributed by atoms with Gasteiger partial charge in [0, 0.05) is 4.88 Å². The lowest BCUT2D eigenvalue weighted by Gasteiger charge is -2.21. The number of rotatable bonds is 5. The molecule has 0 bridgehead atoms. The maximum Gasteiger partial charge on any atom is 0.301 e. The summed E-state index contributed by atoms with van der Waals surface area (Å²) in [6.45, 7) is 6.05. The van der Waals surface area contributed by atoms with Crippen LogP contribution in [0.5, 0.6) is 5.75 Å². The minimum absolute atomic E-state index is 0.0236. The van der Waals surface area contributed by atoms with Crippen molar-refractivity contribution in [1.29, 1.82) is 0 Å². The molecule has 9 heteroatoms. The molecule has 1 amide bonds. The van der Waals surface area contributed by atoms with E-state index in [2.05, 4.69) is 19.9 Å². The van der Waals surface area contributed by atoms with Gasteiger partial charge in [0.2, 0.25) is 0 Å². The first-order chi connectivity index (χ1) is 17.2. The Bertz CT molecular complexity index is 1540. The van der Waals surface area contributed by atoms with Gasteiger partial charge in [-0.05, 0) is 59.7 Å². The van der Waals surface area contributed by atoms with Crippen molar-refractivity contribution >= 4 is 67.1 Å². The number of thiazole rings is 1. The number of halogens is 1. The fourth-order valence-electron chi connectivity index (χ4n) is 4.39. The maximum absolute atomic E-state index is 13.4. The van der Waals surface area contributed by atoms with Crippen molar-refractivity contribution in [2.24, 2.45) is 0 Å². The zero-order chi connectivity index (χ0) is 25.7. The lowest BCUT2D eigenvalue weighted by Crippen LogP contribution is -2.28. The van der Waals surface area contributed by atoms with Crippen LogP contribution in [0.25, 0.3) is 16.0 Å². The predicted molar refractivity (Wildman–Crippen MR) is 146 cm³/mol. The average Bonchev–Trinajstić information content (AvgIpc) is 3.56. The SMILES string of the molecule is COc1c(Cl)cc(C)cc1/C(O)=C1\C(=O)C(=O)N(c2nc3ccc(C(C)C)cc3s2)C1c1cccs1. The molecule has 0 radical (unpaired) electrons. The standard InChI is InChI=1S/C27H23ClN2O4S2/c1-13(2)15-7-8-18-20(12-15)36-27(29-18)30-22(19-6-5-9-35-19)21(24(32)26(30)33)23(31)16-10-14(3)11-17(28)25(16)34-4/h5-13,22,31H,1-4H3/b23-21+. The molecule has 1 fully saturated rings. The number of carbonyl (C=O) groups is 2. The Morgan fingerprint density at radius 3 is 2.64 bits per heavy atom. The lowest BCUT2D eigenvalue weighted by molar-refractivity contribution is -0.132. The second kappa shape index (κ2) is 9.35. The number of aliphatic hydroxyl groups excluding tert-OH is 1. The van der Waals surface area contributed by atoms with Gasteiger partial charge in [-0.25, -0.2) is 4.98 Å². The number of amides is 1. The van der Waals surface area contributed by atoms with Crippen molar-refractivity contribution < 1.29 is 19.4 Å². The summed E-state index contributed by atoms with van der Waals surface area (Å²) in [5.74, 6) is -1.28. The van der Waals surface area contributed by atoms with Gasteiger partial charge in [0.05, 0.1) is 33.5 Å². The molecule has 2 aromatic heterocycles. The van der Waals surface area contributed by atoms with Gasteiger partial charge in [0.15, 0.2) is 5.13 Å². The third-order valence-electron chi connectivity index (χ3n) is 6.18. The van der Waals surface area contributed by atoms with Gasteiger partial charge in [-0.2, -0.15) is 0 Å². The van der Waals surface area contributed by atoms with Gasteiger partial charge in [0.1, 0.15) is 17.6 Å². The molecule has 1 atom stereocenters. The third-order valence-corrected chi connectivity index (χ3v) is 8.40. The number of aliphatic hydroxyl groups is 1. The molecule has 184 valence electrons. The number of thiophene rings is 1. The molecule has 2 aromatic carbocycles. The van der Waals surface area contributed by atoms with Crippen LogP contribution >= 0.6 is 34.3 Å². The molecule has 6 nitrogen and oxygen atoms in total. The number of anilines is 1. The molecule has 3 heterocycles. The van der Waals surface area contributed by atoms with Crippen LogP contribution in [0.4, 0.5) is 5.13 Å². The van der Waals surface area contributed by atoms with Crippen LogP contribution in [0.1, 0.15) is 47.4 Å². The van der Waals surface area contributed by atoms with Crippen LogP contribution in [0, 0.1) is 6.92 Å². The summed E-state index contributed by atoms with van der Waals surface area (Å²) in [6, 6.07) is 12.3. The van der Waals surface area contributed by atoms with Crippen molar-refractivity contribution in [3.63, 3.8) is 0 Å². The van der Waals surface area contributed by atoms with E-state index in [4.69, 9.17) is 21.3 Å². The highest BCUT2D eigenvalue weighted by atomic mass is 35.5. The molecule has 1 aliphatic heterocycles. The topological polar surface area (TPSA) is 79.7 Å². The Morgan fingerprint density at radius 2 is 1.97 bits per heavy atom. The van der Waals surface area contributed by atoms with Crippen LogP contribution in [0.2, 0.25) is 5.02 Å². The zero-order valence-corrected chi connectivity index (χ0v) is 22.4. The molecule has 1 saturated heterocycles. The first-order valence-corrected chi connectivity index (χ1v) is 13.4. The summed E-state index contributed by atoms with van der Waals surface area (Å²) in [5, 5.41) is 14.0. The molecule has 5 rings (SSSR count). The Balaban J connectivity index is 1.72. The largest absolute Gasteiger partial charge is 0.507 e. The third kappa shape index (κ3) is 3.99. The van der Waals surface area contributed by atoms with E-state index >= 15 is 0 Å². The molecule has 1 N–H and O–H groups in total. The van der Waals surface area contributed by atoms with Crippen molar-refractivity contribution in [3.8, 4) is 5.75 Å². The van der Waals surface area contributed by atoms with E-state index in [9.17, 15) is 14.7 Å². The number of nitrogens with zero attached hydrogens (tertiary/aromatic N) is 2. The molecule has 1 aliphatic rings. The second-order valence-corrected chi connectivity index (χ2v) is 11.3. The number of hydrogen-bond donors (Lipinski definition) is 1.